The maximum atomic E-state index is 13.5. The van der Waals surface area contributed by atoms with Gasteiger partial charge in [0.05, 0.1) is 7.11 Å². The van der Waals surface area contributed by atoms with Crippen LogP contribution in [0.3, 0.4) is 0 Å². The maximum absolute atomic E-state index is 13.5. The number of ether oxygens (including phenoxy) is 2. The van der Waals surface area contributed by atoms with Gasteiger partial charge in [-0.2, -0.15) is 0 Å². The van der Waals surface area contributed by atoms with Crippen molar-refractivity contribution in [2.45, 2.75) is 20.0 Å². The molecule has 110 valence electrons. The first-order chi connectivity index (χ1) is 10.1. The van der Waals surface area contributed by atoms with Crippen LogP contribution in [0, 0.1) is 5.82 Å². The summed E-state index contributed by atoms with van der Waals surface area (Å²) in [5.74, 6) is 0.529. The van der Waals surface area contributed by atoms with Gasteiger partial charge < -0.3 is 9.47 Å². The van der Waals surface area contributed by atoms with Gasteiger partial charge in [0, 0.05) is 12.0 Å². The summed E-state index contributed by atoms with van der Waals surface area (Å²) in [6.07, 6.45) is 0.478. The van der Waals surface area contributed by atoms with Crippen LogP contribution in [-0.4, -0.2) is 12.9 Å². The summed E-state index contributed by atoms with van der Waals surface area (Å²) in [6, 6.07) is 11.6. The van der Waals surface area contributed by atoms with Gasteiger partial charge in [-0.1, -0.05) is 13.0 Å². The van der Waals surface area contributed by atoms with Gasteiger partial charge >= 0.3 is 0 Å². The molecule has 0 atom stereocenters. The summed E-state index contributed by atoms with van der Waals surface area (Å²) in [7, 11) is 1.42. The smallest absolute Gasteiger partial charge is 0.165 e. The highest BCUT2D eigenvalue weighted by atomic mass is 19.1. The second-order valence-corrected chi connectivity index (χ2v) is 4.56. The molecular weight excluding hydrogens is 271 g/mol. The Labute approximate surface area is 123 Å². The van der Waals surface area contributed by atoms with Crippen molar-refractivity contribution in [3.63, 3.8) is 0 Å². The monoisotopic (exact) mass is 288 g/mol. The van der Waals surface area contributed by atoms with Crippen molar-refractivity contribution in [3.05, 3.63) is 59.4 Å². The van der Waals surface area contributed by atoms with Crippen LogP contribution in [0.2, 0.25) is 0 Å². The molecule has 0 spiro atoms. The fourth-order valence-corrected chi connectivity index (χ4v) is 1.91. The van der Waals surface area contributed by atoms with Crippen molar-refractivity contribution in [1.82, 2.24) is 0 Å². The molecule has 0 fully saturated rings. The van der Waals surface area contributed by atoms with Crippen LogP contribution < -0.4 is 9.47 Å². The van der Waals surface area contributed by atoms with E-state index in [2.05, 4.69) is 0 Å². The third kappa shape index (κ3) is 3.81. The standard InChI is InChI=1S/C17H17FO3/c1-3-16(19)13-5-7-14(8-6-13)21-11-12-4-9-17(20-2)15(18)10-12/h4-10H,3,11H2,1-2H3. The van der Waals surface area contributed by atoms with E-state index in [4.69, 9.17) is 9.47 Å². The minimum Gasteiger partial charge on any atom is -0.494 e. The van der Waals surface area contributed by atoms with Crippen molar-refractivity contribution in [3.8, 4) is 11.5 Å². The number of methoxy groups -OCH3 is 1. The Bertz CT molecular complexity index is 620. The molecule has 2 aromatic carbocycles. The average Bonchev–Trinajstić information content (AvgIpc) is 2.52. The van der Waals surface area contributed by atoms with Gasteiger partial charge in [-0.3, -0.25) is 4.79 Å². The van der Waals surface area contributed by atoms with Gasteiger partial charge in [-0.15, -0.1) is 0 Å². The molecule has 0 heterocycles. The second-order valence-electron chi connectivity index (χ2n) is 4.56. The van der Waals surface area contributed by atoms with Gasteiger partial charge in [-0.05, 0) is 42.0 Å². The Kier molecular flexibility index (Phi) is 4.93. The molecule has 0 amide bonds. The minimum absolute atomic E-state index is 0.0961. The van der Waals surface area contributed by atoms with Crippen molar-refractivity contribution >= 4 is 5.78 Å². The number of benzene rings is 2. The zero-order valence-corrected chi connectivity index (χ0v) is 12.1. The molecule has 0 N–H and O–H groups in total. The first-order valence-electron chi connectivity index (χ1n) is 6.72. The second kappa shape index (κ2) is 6.88. The lowest BCUT2D eigenvalue weighted by atomic mass is 10.1. The lowest BCUT2D eigenvalue weighted by Crippen LogP contribution is -1.99. The van der Waals surface area contributed by atoms with Crippen LogP contribution in [0.4, 0.5) is 4.39 Å². The topological polar surface area (TPSA) is 35.5 Å². The normalized spacial score (nSPS) is 10.2. The number of hydrogen-bond acceptors (Lipinski definition) is 3. The zero-order chi connectivity index (χ0) is 15.2. The molecular formula is C17H17FO3. The molecule has 4 heteroatoms. The zero-order valence-electron chi connectivity index (χ0n) is 12.1. The average molecular weight is 288 g/mol. The van der Waals surface area contributed by atoms with E-state index in [1.165, 1.54) is 13.2 Å². The highest BCUT2D eigenvalue weighted by Gasteiger charge is 2.05. The van der Waals surface area contributed by atoms with Crippen LogP contribution in [0.15, 0.2) is 42.5 Å². The summed E-state index contributed by atoms with van der Waals surface area (Å²) in [5, 5.41) is 0. The van der Waals surface area contributed by atoms with Crippen LogP contribution in [0.5, 0.6) is 11.5 Å². The molecule has 0 unspecified atom stereocenters. The van der Waals surface area contributed by atoms with Crippen molar-refractivity contribution in [2.24, 2.45) is 0 Å². The van der Waals surface area contributed by atoms with E-state index in [1.54, 1.807) is 36.4 Å². The Balaban J connectivity index is 1.99. The first-order valence-corrected chi connectivity index (χ1v) is 6.72. The van der Waals surface area contributed by atoms with E-state index >= 15 is 0 Å². The Morgan fingerprint density at radius 3 is 2.43 bits per heavy atom. The Hall–Kier alpha value is -2.36. The van der Waals surface area contributed by atoms with Crippen LogP contribution in [0.1, 0.15) is 29.3 Å². The lowest BCUT2D eigenvalue weighted by Gasteiger charge is -2.08. The van der Waals surface area contributed by atoms with Crippen LogP contribution >= 0.6 is 0 Å². The largest absolute Gasteiger partial charge is 0.494 e. The number of rotatable bonds is 6. The van der Waals surface area contributed by atoms with E-state index in [1.807, 2.05) is 6.92 Å². The number of halogens is 1. The number of carbonyl (C=O) groups excluding carboxylic acids is 1. The van der Waals surface area contributed by atoms with Gasteiger partial charge in [0.2, 0.25) is 0 Å². The van der Waals surface area contributed by atoms with Gasteiger partial charge in [0.15, 0.2) is 17.3 Å². The maximum Gasteiger partial charge on any atom is 0.165 e. The van der Waals surface area contributed by atoms with E-state index in [-0.39, 0.29) is 18.1 Å². The SMILES string of the molecule is CCC(=O)c1ccc(OCc2ccc(OC)c(F)c2)cc1. The quantitative estimate of drug-likeness (QED) is 0.753. The van der Waals surface area contributed by atoms with E-state index in [0.29, 0.717) is 23.3 Å². The Morgan fingerprint density at radius 2 is 1.86 bits per heavy atom. The van der Waals surface area contributed by atoms with Gasteiger partial charge in [-0.25, -0.2) is 4.39 Å². The minimum atomic E-state index is -0.414. The number of hydrogen-bond donors (Lipinski definition) is 0. The number of Topliss-reactive ketones (excluding diaryl/α,β-unsaturated/α-hetero) is 1. The molecule has 0 bridgehead atoms. The molecule has 0 radical (unpaired) electrons. The lowest BCUT2D eigenvalue weighted by molar-refractivity contribution is 0.0988. The third-order valence-corrected chi connectivity index (χ3v) is 3.12. The van der Waals surface area contributed by atoms with Gasteiger partial charge in [0.25, 0.3) is 0 Å². The summed E-state index contributed by atoms with van der Waals surface area (Å²) < 4.78 is 24.0. The molecule has 0 saturated heterocycles. The Morgan fingerprint density at radius 1 is 1.14 bits per heavy atom. The fraction of sp³-hybridized carbons (Fsp3) is 0.235. The molecule has 0 aliphatic heterocycles. The molecule has 0 aromatic heterocycles. The van der Waals surface area contributed by atoms with Crippen molar-refractivity contribution < 1.29 is 18.7 Å². The molecule has 2 aromatic rings. The summed E-state index contributed by atoms with van der Waals surface area (Å²) in [5.41, 5.74) is 1.38. The van der Waals surface area contributed by atoms with Crippen LogP contribution in [0.25, 0.3) is 0 Å². The predicted molar refractivity (Wildman–Crippen MR) is 78.3 cm³/mol. The first kappa shape index (κ1) is 15.0. The highest BCUT2D eigenvalue weighted by Crippen LogP contribution is 2.20. The summed E-state index contributed by atoms with van der Waals surface area (Å²) >= 11 is 0. The summed E-state index contributed by atoms with van der Waals surface area (Å²) in [4.78, 5) is 11.5. The van der Waals surface area contributed by atoms with E-state index in [9.17, 15) is 9.18 Å². The third-order valence-electron chi connectivity index (χ3n) is 3.12. The van der Waals surface area contributed by atoms with Crippen molar-refractivity contribution in [1.29, 1.82) is 0 Å². The van der Waals surface area contributed by atoms with E-state index < -0.39 is 5.82 Å². The molecule has 0 aliphatic carbocycles. The van der Waals surface area contributed by atoms with Gasteiger partial charge in [0.1, 0.15) is 12.4 Å². The predicted octanol–water partition coefficient (Wildman–Crippen LogP) is 4.01. The number of carbonyl (C=O) groups is 1. The van der Waals surface area contributed by atoms with Crippen LogP contribution in [-0.2, 0) is 6.61 Å². The highest BCUT2D eigenvalue weighted by molar-refractivity contribution is 5.95. The van der Waals surface area contributed by atoms with E-state index in [0.717, 1.165) is 0 Å². The molecule has 3 nitrogen and oxygen atoms in total. The van der Waals surface area contributed by atoms with Crippen molar-refractivity contribution in [2.75, 3.05) is 7.11 Å². The number of ketones is 1. The summed E-state index contributed by atoms with van der Waals surface area (Å²) in [6.45, 7) is 2.08. The molecule has 2 rings (SSSR count). The molecule has 0 aliphatic rings. The molecule has 0 saturated carbocycles. The fourth-order valence-electron chi connectivity index (χ4n) is 1.91. The molecule has 21 heavy (non-hydrogen) atoms.